The van der Waals surface area contributed by atoms with Crippen molar-refractivity contribution >= 4 is 23.9 Å². The van der Waals surface area contributed by atoms with Gasteiger partial charge in [-0.3, -0.25) is 0 Å². The van der Waals surface area contributed by atoms with Crippen LogP contribution >= 0.6 is 0 Å². The minimum Gasteiger partial charge on any atom is -0.478 e. The van der Waals surface area contributed by atoms with E-state index < -0.39 is 36.1 Å². The zero-order valence-corrected chi connectivity index (χ0v) is 13.1. The molecule has 132 valence electrons. The van der Waals surface area contributed by atoms with Crippen LogP contribution in [0.3, 0.4) is 0 Å². The lowest BCUT2D eigenvalue weighted by Crippen LogP contribution is -2.45. The summed E-state index contributed by atoms with van der Waals surface area (Å²) >= 11 is 0. The Kier molecular flexibility index (Phi) is 5.90. The fourth-order valence-electron chi connectivity index (χ4n) is 1.90. The van der Waals surface area contributed by atoms with Gasteiger partial charge in [0.2, 0.25) is 12.2 Å². The second-order valence-electron chi connectivity index (χ2n) is 4.92. The monoisotopic (exact) mass is 356 g/mol. The molecule has 2 atom stereocenters. The highest BCUT2D eigenvalue weighted by Gasteiger charge is 2.40. The van der Waals surface area contributed by atoms with Gasteiger partial charge in [0.1, 0.15) is 0 Å². The molecule has 2 aromatic rings. The largest absolute Gasteiger partial charge is 0.478 e. The van der Waals surface area contributed by atoms with E-state index in [1.165, 1.54) is 42.5 Å². The number of ether oxygens (including phenoxy) is 2. The van der Waals surface area contributed by atoms with Gasteiger partial charge in [-0.25, -0.2) is 19.2 Å². The zero-order chi connectivity index (χ0) is 19.1. The van der Waals surface area contributed by atoms with Gasteiger partial charge in [0.15, 0.2) is 0 Å². The quantitative estimate of drug-likeness (QED) is 0.709. The van der Waals surface area contributed by atoms with Crippen LogP contribution in [0.5, 0.6) is 0 Å². The molecule has 0 saturated carbocycles. The first kappa shape index (κ1) is 18.5. The molecule has 0 spiro atoms. The second-order valence-corrected chi connectivity index (χ2v) is 4.92. The summed E-state index contributed by atoms with van der Waals surface area (Å²) in [5.41, 5.74) is -0.0454. The van der Waals surface area contributed by atoms with Gasteiger partial charge < -0.3 is 19.7 Å². The van der Waals surface area contributed by atoms with Gasteiger partial charge in [-0.05, 0) is 24.3 Å². The molecule has 0 aliphatic rings. The van der Waals surface area contributed by atoms with E-state index in [1.54, 1.807) is 6.07 Å². The lowest BCUT2D eigenvalue weighted by atomic mass is 10.1. The van der Waals surface area contributed by atoms with Crippen molar-refractivity contribution in [3.63, 3.8) is 0 Å². The summed E-state index contributed by atoms with van der Waals surface area (Å²) in [6.45, 7) is 0. The molecule has 0 aliphatic heterocycles. The summed E-state index contributed by atoms with van der Waals surface area (Å²) in [4.78, 5) is 46.8. The average molecular weight is 356 g/mol. The molecule has 0 aliphatic carbocycles. The molecule has 2 N–H and O–H groups in total. The molecule has 2 rings (SSSR count). The van der Waals surface area contributed by atoms with Crippen LogP contribution < -0.4 is 0 Å². The van der Waals surface area contributed by atoms with E-state index in [0.717, 1.165) is 0 Å². The first-order chi connectivity index (χ1) is 12.4. The Hall–Kier alpha value is -3.86. The predicted molar refractivity (Wildman–Crippen MR) is 84.2 cm³/mol. The van der Waals surface area contributed by atoms with E-state index in [0.29, 0.717) is 0 Å². The average Bonchev–Trinajstić information content (AvgIpc) is 2.65. The lowest BCUT2D eigenvalue weighted by molar-refractivity contribution is -0.166. The predicted octanol–water partition coefficient (Wildman–Crippen LogP) is 1.21. The molecule has 0 amide bonds. The van der Waals surface area contributed by atoms with Crippen LogP contribution in [0.1, 0.15) is 20.7 Å². The van der Waals surface area contributed by atoms with Crippen LogP contribution in [-0.2, 0) is 19.1 Å². The molecule has 0 bridgehead atoms. The summed E-state index contributed by atoms with van der Waals surface area (Å²) in [5.74, 6) is -5.73. The Morgan fingerprint density at radius 3 is 1.77 bits per heavy atom. The fraction of sp³-hybridized carbons (Fsp3) is 0.111. The lowest BCUT2D eigenvalue weighted by Gasteiger charge is -2.20. The third kappa shape index (κ3) is 4.58. The number of carboxylic acid groups (broad SMARTS) is 2. The van der Waals surface area contributed by atoms with Crippen molar-refractivity contribution < 1.29 is 38.9 Å². The van der Waals surface area contributed by atoms with E-state index in [9.17, 15) is 29.4 Å². The van der Waals surface area contributed by atoms with Crippen molar-refractivity contribution in [3.8, 4) is 0 Å². The van der Waals surface area contributed by atoms with Gasteiger partial charge in [-0.1, -0.05) is 30.3 Å². The highest BCUT2D eigenvalue weighted by Crippen LogP contribution is 2.13. The number of rotatable bonds is 7. The molecule has 0 radical (unpaired) electrons. The van der Waals surface area contributed by atoms with Crippen molar-refractivity contribution in [2.45, 2.75) is 12.2 Å². The normalized spacial score (nSPS) is 12.2. The number of hydrogen-bond donors (Lipinski definition) is 2. The van der Waals surface area contributed by atoms with Gasteiger partial charge in [0.05, 0.1) is 11.1 Å². The van der Waals surface area contributed by atoms with Crippen molar-refractivity contribution in [1.29, 1.82) is 0 Å². The summed E-state index contributed by atoms with van der Waals surface area (Å²) in [5, 5.41) is 18.5. The number of hydrogen-bond acceptors (Lipinski definition) is 6. The maximum Gasteiger partial charge on any atom is 0.349 e. The summed E-state index contributed by atoms with van der Waals surface area (Å²) < 4.78 is 9.48. The van der Waals surface area contributed by atoms with Gasteiger partial charge in [-0.2, -0.15) is 0 Å². The van der Waals surface area contributed by atoms with Gasteiger partial charge in [-0.15, -0.1) is 0 Å². The van der Waals surface area contributed by atoms with E-state index in [4.69, 9.17) is 9.47 Å². The maximum atomic E-state index is 12.0. The molecule has 0 unspecified atom stereocenters. The number of carboxylic acids is 2. The molecule has 0 aromatic heterocycles. The molecule has 0 heterocycles. The van der Waals surface area contributed by atoms with E-state index in [1.807, 2.05) is 0 Å². The smallest absolute Gasteiger partial charge is 0.349 e. The number of esters is 2. The number of benzene rings is 1. The van der Waals surface area contributed by atoms with Crippen molar-refractivity contribution in [1.82, 2.24) is 0 Å². The van der Waals surface area contributed by atoms with E-state index >= 15 is 0 Å². The number of aliphatic carboxylic acids is 2. The molecule has 0 fully saturated rings. The topological polar surface area (TPSA) is 127 Å². The summed E-state index contributed by atoms with van der Waals surface area (Å²) in [7, 11) is 0. The highest BCUT2D eigenvalue weighted by molar-refractivity contribution is 5.95. The van der Waals surface area contributed by atoms with Crippen molar-refractivity contribution in [2.75, 3.05) is 0 Å². The fourth-order valence-corrected chi connectivity index (χ4v) is 1.90. The van der Waals surface area contributed by atoms with Crippen LogP contribution in [0.15, 0.2) is 48.5 Å². The van der Waals surface area contributed by atoms with Crippen LogP contribution in [-0.4, -0.2) is 46.3 Å². The minimum atomic E-state index is -2.24. The molecule has 26 heavy (non-hydrogen) atoms. The molecule has 8 nitrogen and oxygen atoms in total. The van der Waals surface area contributed by atoms with Crippen LogP contribution in [0.2, 0.25) is 0 Å². The maximum absolute atomic E-state index is 12.0. The molecule has 2 aromatic carbocycles. The van der Waals surface area contributed by atoms with Crippen LogP contribution in [0, 0.1) is 12.1 Å². The van der Waals surface area contributed by atoms with Gasteiger partial charge >= 0.3 is 23.9 Å². The summed E-state index contributed by atoms with van der Waals surface area (Å²) in [6, 6.07) is 16.2. The summed E-state index contributed by atoms with van der Waals surface area (Å²) in [6.07, 6.45) is -4.47. The Bertz CT molecular complexity index is 731. The third-order valence-corrected chi connectivity index (χ3v) is 3.13. The van der Waals surface area contributed by atoms with Crippen LogP contribution in [0.4, 0.5) is 0 Å². The molecular formula is C18H12O8. The number of carbonyl (C=O) groups is 4. The Morgan fingerprint density at radius 1 is 0.769 bits per heavy atom. The first-order valence-corrected chi connectivity index (χ1v) is 7.20. The Balaban J connectivity index is 2.20. The number of carbonyl (C=O) groups excluding carboxylic acids is 2. The zero-order valence-electron chi connectivity index (χ0n) is 13.1. The van der Waals surface area contributed by atoms with Gasteiger partial charge in [0, 0.05) is 6.07 Å². The second kappa shape index (κ2) is 8.30. The standard InChI is InChI=1S/C18H12O8/c19-15(20)13(25-17(23)11-7-3-1-4-8-11)14(16(21)22)26-18(24)12-9-5-2-6-10-12/h1,3-5,7-10,13-14H,(H,19,20)(H,21,22)/t13-,14-/m1/s1. The van der Waals surface area contributed by atoms with Crippen LogP contribution in [0.25, 0.3) is 0 Å². The minimum absolute atomic E-state index is 0.0161. The van der Waals surface area contributed by atoms with E-state index in [-0.39, 0.29) is 11.1 Å². The Labute approximate surface area is 147 Å². The highest BCUT2D eigenvalue weighted by atomic mass is 16.6. The first-order valence-electron chi connectivity index (χ1n) is 7.20. The molecule has 0 saturated heterocycles. The van der Waals surface area contributed by atoms with Crippen molar-refractivity contribution in [2.24, 2.45) is 0 Å². The van der Waals surface area contributed by atoms with Gasteiger partial charge in [0.25, 0.3) is 0 Å². The molecular weight excluding hydrogens is 344 g/mol. The van der Waals surface area contributed by atoms with Crippen molar-refractivity contribution in [3.05, 3.63) is 71.8 Å². The Morgan fingerprint density at radius 2 is 1.31 bits per heavy atom. The molecule has 8 heteroatoms. The SMILES string of the molecule is O=C(O[C@@H](C(=O)O)[C@@H](OC(=O)c1ccccc1)C(=O)O)c1cc#ccc1. The van der Waals surface area contributed by atoms with E-state index in [2.05, 4.69) is 12.1 Å². The third-order valence-electron chi connectivity index (χ3n) is 3.13.